The Labute approximate surface area is 834 Å². The fourth-order valence-corrected chi connectivity index (χ4v) is 21.1. The molecule has 0 fully saturated rings. The van der Waals surface area contributed by atoms with Crippen LogP contribution in [0.5, 0.6) is 0 Å². The fraction of sp³-hybridized carbons (Fsp3) is 0. The summed E-state index contributed by atoms with van der Waals surface area (Å²) in [6.45, 7) is 0. The number of hydrogen-bond acceptors (Lipinski definition) is 7. The summed E-state index contributed by atoms with van der Waals surface area (Å²) < 4.78 is 0. The monoisotopic (exact) mass is 1830 g/mol. The lowest BCUT2D eigenvalue weighted by molar-refractivity contribution is 1.07. The molecule has 0 radical (unpaired) electrons. The lowest BCUT2D eigenvalue weighted by atomic mass is 9.88. The highest BCUT2D eigenvalue weighted by Gasteiger charge is 2.22. The predicted molar refractivity (Wildman–Crippen MR) is 603 cm³/mol. The molecule has 22 aromatic carbocycles. The van der Waals surface area contributed by atoms with Gasteiger partial charge in [-0.2, -0.15) is 0 Å². The minimum Gasteiger partial charge on any atom is -0.265 e. The molecule has 7 heteroatoms. The molecule has 0 saturated heterocycles. The third-order valence-electron chi connectivity index (χ3n) is 28.0. The van der Waals surface area contributed by atoms with Crippen molar-refractivity contribution in [1.82, 2.24) is 34.9 Å². The van der Waals surface area contributed by atoms with Gasteiger partial charge < -0.3 is 0 Å². The smallest absolute Gasteiger partial charge is 0.164 e. The molecule has 0 atom stereocenters. The Morgan fingerprint density at radius 3 is 0.618 bits per heavy atom. The van der Waals surface area contributed by atoms with E-state index in [1.807, 2.05) is 122 Å². The number of fused-ring (bicyclic) bond motifs is 18. The van der Waals surface area contributed by atoms with E-state index in [0.29, 0.717) is 17.5 Å². The molecular weight excluding hydrogens is 1740 g/mol. The first-order valence-corrected chi connectivity index (χ1v) is 48.8. The Bertz CT molecular complexity index is 8420. The maximum Gasteiger partial charge on any atom is 0.164 e. The maximum atomic E-state index is 5.03. The maximum absolute atomic E-state index is 5.03. The highest BCUT2D eigenvalue weighted by Crippen LogP contribution is 2.47. The molecule has 0 bridgehead atoms. The Hall–Kier alpha value is -19.2. The fourth-order valence-electron chi connectivity index (χ4n) is 21.1. The van der Waals surface area contributed by atoms with Gasteiger partial charge >= 0.3 is 0 Å². The van der Waals surface area contributed by atoms with E-state index in [2.05, 4.69) is 439 Å². The Morgan fingerprint density at radius 2 is 0.312 bits per heavy atom. The van der Waals surface area contributed by atoms with Crippen LogP contribution in [0.2, 0.25) is 0 Å². The van der Waals surface area contributed by atoms with Gasteiger partial charge in [0.25, 0.3) is 0 Å². The summed E-state index contributed by atoms with van der Waals surface area (Å²) in [7, 11) is 0. The van der Waals surface area contributed by atoms with Gasteiger partial charge in [-0.3, -0.25) is 19.9 Å². The zero-order chi connectivity index (χ0) is 95.6. The molecule has 0 spiro atoms. The van der Waals surface area contributed by atoms with Crippen molar-refractivity contribution in [2.45, 2.75) is 0 Å². The standard InChI is InChI=1S/2C46H30N2.C45H29N3/c1-2-15-40(38-26-36(34-12-8-22-47-29-34)25-37(27-38)35-13-9-23-48-30-35)39(14-1)33-11-7-10-31(24-33)32-20-21-45-43-18-4-3-16-41(43)42-17-5-6-19-44(42)46(45)28-32;1-2-11-40(38-28-36(31-18-22-47-23-19-31)27-37(29-38)32-20-24-48-25-21-32)39(10-1)35-9-7-8-33(26-35)34-16-17-45-43-14-4-3-12-41(43)42-13-5-6-15-44(42)46(45)30-34;1-3-14-30(15-4-1)43-46-44(31-16-5-2-6-17-31)48-45(47-43)41-25-12-7-20-35(41)34-19-13-18-32(28-34)33-26-27-40-38-23-9-8-21-36(38)37-22-10-11-24-39(37)42(40)29-33/h2*1-30H;1-29H. The second kappa shape index (κ2) is 38.3. The molecule has 672 valence electrons. The largest absolute Gasteiger partial charge is 0.265 e. The van der Waals surface area contributed by atoms with Gasteiger partial charge in [0.1, 0.15) is 0 Å². The average Bonchev–Trinajstić information content (AvgIpc) is 0.746. The molecule has 0 aliphatic rings. The van der Waals surface area contributed by atoms with Crippen molar-refractivity contribution in [3.8, 4) is 168 Å². The zero-order valence-electron chi connectivity index (χ0n) is 78.5. The van der Waals surface area contributed by atoms with Gasteiger partial charge in [0.15, 0.2) is 17.5 Å². The van der Waals surface area contributed by atoms with E-state index in [1.54, 1.807) is 0 Å². The Kier molecular flexibility index (Phi) is 23.0. The molecule has 5 aromatic heterocycles. The number of aromatic nitrogens is 7. The van der Waals surface area contributed by atoms with E-state index in [0.717, 1.165) is 83.5 Å². The van der Waals surface area contributed by atoms with E-state index >= 15 is 0 Å². The van der Waals surface area contributed by atoms with Crippen molar-refractivity contribution in [2.24, 2.45) is 0 Å². The third-order valence-corrected chi connectivity index (χ3v) is 28.0. The number of hydrogen-bond donors (Lipinski definition) is 0. The van der Waals surface area contributed by atoms with Crippen molar-refractivity contribution in [1.29, 1.82) is 0 Å². The van der Waals surface area contributed by atoms with Crippen molar-refractivity contribution in [3.05, 3.63) is 541 Å². The summed E-state index contributed by atoms with van der Waals surface area (Å²) in [5.74, 6) is 1.95. The second-order valence-electron chi connectivity index (χ2n) is 36.5. The molecule has 0 saturated carbocycles. The molecule has 5 heterocycles. The van der Waals surface area contributed by atoms with Crippen LogP contribution in [0.1, 0.15) is 0 Å². The number of nitrogens with zero attached hydrogens (tertiary/aromatic N) is 7. The first-order chi connectivity index (χ1) is 71.4. The van der Waals surface area contributed by atoms with Gasteiger partial charge in [0, 0.05) is 77.4 Å². The van der Waals surface area contributed by atoms with Gasteiger partial charge in [-0.05, 0) is 329 Å². The molecule has 27 rings (SSSR count). The molecule has 7 nitrogen and oxygen atoms in total. The molecule has 144 heavy (non-hydrogen) atoms. The first kappa shape index (κ1) is 86.4. The van der Waals surface area contributed by atoms with Crippen LogP contribution in [0, 0.1) is 0 Å². The first-order valence-electron chi connectivity index (χ1n) is 48.8. The van der Waals surface area contributed by atoms with Gasteiger partial charge in [-0.25, -0.2) is 15.0 Å². The van der Waals surface area contributed by atoms with Crippen LogP contribution in [0.3, 0.4) is 0 Å². The van der Waals surface area contributed by atoms with E-state index < -0.39 is 0 Å². The van der Waals surface area contributed by atoms with Crippen molar-refractivity contribution < 1.29 is 0 Å². The molecule has 0 aliphatic carbocycles. The quantitative estimate of drug-likeness (QED) is 0.0945. The summed E-state index contributed by atoms with van der Waals surface area (Å²) in [6, 6.07) is 176. The summed E-state index contributed by atoms with van der Waals surface area (Å²) in [6.07, 6.45) is 14.9. The summed E-state index contributed by atoms with van der Waals surface area (Å²) >= 11 is 0. The lowest BCUT2D eigenvalue weighted by Crippen LogP contribution is -2.01. The van der Waals surface area contributed by atoms with E-state index in [4.69, 9.17) is 15.0 Å². The van der Waals surface area contributed by atoms with Crippen LogP contribution < -0.4 is 0 Å². The minimum absolute atomic E-state index is 0.646. The van der Waals surface area contributed by atoms with Crippen molar-refractivity contribution in [3.63, 3.8) is 0 Å². The average molecular weight is 1830 g/mol. The third kappa shape index (κ3) is 16.8. The SMILES string of the molecule is c1cc(-c2ccc3c4ccccc4c4ccccc4c3c2)cc(-c2ccccc2-c2cc(-c3ccncc3)cc(-c3ccncc3)c2)c1.c1ccc(-c2nc(-c3ccccc3)nc(-c3ccccc3-c3cccc(-c4ccc5c6ccccc6c6ccccc6c5c4)c3)n2)cc1.c1cncc(-c2cc(-c3cccnc3)cc(-c3ccccc3-c3cccc(-c4ccc5c6ccccc6c6ccccc6c5c4)c3)c2)c1. The van der Waals surface area contributed by atoms with Gasteiger partial charge in [-0.1, -0.05) is 382 Å². The summed E-state index contributed by atoms with van der Waals surface area (Å²) in [4.78, 5) is 32.3. The zero-order valence-corrected chi connectivity index (χ0v) is 78.5. The molecule has 0 amide bonds. The van der Waals surface area contributed by atoms with Gasteiger partial charge in [-0.15, -0.1) is 0 Å². The van der Waals surface area contributed by atoms with Gasteiger partial charge in [0.05, 0.1) is 0 Å². The molecule has 27 aromatic rings. The highest BCUT2D eigenvalue weighted by atomic mass is 15.0. The predicted octanol–water partition coefficient (Wildman–Crippen LogP) is 36.2. The van der Waals surface area contributed by atoms with Crippen LogP contribution in [0.15, 0.2) is 541 Å². The van der Waals surface area contributed by atoms with Crippen LogP contribution in [-0.2, 0) is 0 Å². The Balaban J connectivity index is 0.000000113. The minimum atomic E-state index is 0.646. The van der Waals surface area contributed by atoms with E-state index in [9.17, 15) is 0 Å². The number of benzene rings is 22. The Morgan fingerprint density at radius 1 is 0.0972 bits per heavy atom. The molecule has 0 unspecified atom stereocenters. The van der Waals surface area contributed by atoms with Crippen LogP contribution in [-0.4, -0.2) is 34.9 Å². The van der Waals surface area contributed by atoms with Crippen molar-refractivity contribution >= 4 is 97.0 Å². The van der Waals surface area contributed by atoms with Gasteiger partial charge in [0.2, 0.25) is 0 Å². The lowest BCUT2D eigenvalue weighted by Gasteiger charge is -2.15. The van der Waals surface area contributed by atoms with Crippen LogP contribution in [0.25, 0.3) is 265 Å². The van der Waals surface area contributed by atoms with Crippen LogP contribution >= 0.6 is 0 Å². The molecule has 0 N–H and O–H groups in total. The summed E-state index contributed by atoms with van der Waals surface area (Å²) in [5, 5.41) is 23.1. The summed E-state index contributed by atoms with van der Waals surface area (Å²) in [5.41, 5.74) is 30.6. The second-order valence-corrected chi connectivity index (χ2v) is 36.5. The van der Waals surface area contributed by atoms with Crippen molar-refractivity contribution in [2.75, 3.05) is 0 Å². The number of pyridine rings is 4. The van der Waals surface area contributed by atoms with Crippen LogP contribution in [0.4, 0.5) is 0 Å². The topological polar surface area (TPSA) is 90.2 Å². The molecule has 0 aliphatic heterocycles. The van der Waals surface area contributed by atoms with E-state index in [-0.39, 0.29) is 0 Å². The normalized spacial score (nSPS) is 11.3. The highest BCUT2D eigenvalue weighted by molar-refractivity contribution is 6.28. The van der Waals surface area contributed by atoms with E-state index in [1.165, 1.54) is 164 Å². The molecular formula is C137H89N7. The number of rotatable bonds is 15.